The molecule has 1 aliphatic rings. The molecule has 0 aliphatic carbocycles. The van der Waals surface area contributed by atoms with Gasteiger partial charge in [0.25, 0.3) is 0 Å². The van der Waals surface area contributed by atoms with Crippen LogP contribution in [0.3, 0.4) is 0 Å². The smallest absolute Gasteiger partial charge is 0.243 e. The van der Waals surface area contributed by atoms with E-state index in [0.29, 0.717) is 24.5 Å². The number of carbonyl (C=O) groups excluding carboxylic acids is 1. The van der Waals surface area contributed by atoms with Crippen LogP contribution in [0.25, 0.3) is 10.9 Å². The summed E-state index contributed by atoms with van der Waals surface area (Å²) in [6, 6.07) is 13.2. The summed E-state index contributed by atoms with van der Waals surface area (Å²) in [7, 11) is -3.50. The van der Waals surface area contributed by atoms with Crippen molar-refractivity contribution in [3.05, 3.63) is 60.3 Å². The normalized spacial score (nSPS) is 16.3. The molecule has 2 aromatic carbocycles. The van der Waals surface area contributed by atoms with Crippen LogP contribution in [0.4, 0.5) is 0 Å². The first kappa shape index (κ1) is 21.4. The maximum absolute atomic E-state index is 13.0. The van der Waals surface area contributed by atoms with Gasteiger partial charge in [0.2, 0.25) is 15.9 Å². The summed E-state index contributed by atoms with van der Waals surface area (Å²) in [5.41, 5.74) is 1.70. The van der Waals surface area contributed by atoms with Crippen LogP contribution in [-0.2, 0) is 21.4 Å². The number of piperidine rings is 1. The number of nitrogens with zero attached hydrogens (tertiary/aromatic N) is 2. The monoisotopic (exact) mass is 441 g/mol. The number of fused-ring (bicyclic) bond motifs is 1. The lowest BCUT2D eigenvalue weighted by Gasteiger charge is -2.26. The molecule has 1 aromatic heterocycles. The van der Waals surface area contributed by atoms with Crippen LogP contribution in [0.15, 0.2) is 59.6 Å². The van der Waals surface area contributed by atoms with Crippen LogP contribution in [0, 0.1) is 0 Å². The summed E-state index contributed by atoms with van der Waals surface area (Å²) < 4.78 is 29.3. The van der Waals surface area contributed by atoms with Crippen molar-refractivity contribution in [3.63, 3.8) is 0 Å². The minimum absolute atomic E-state index is 0.143. The standard InChI is InChI=1S/C23H27N3O4S/c1-17(23(28)24-16-18-5-7-20(27)8-6-18)26-14-11-19-15-21(9-10-22(19)26)31(29,30)25-12-3-2-4-13-25/h5-11,14-15,17,27H,2-4,12-13,16H2,1H3,(H,24,28). The summed E-state index contributed by atoms with van der Waals surface area (Å²) >= 11 is 0. The molecule has 1 saturated heterocycles. The molecule has 0 saturated carbocycles. The molecule has 1 aliphatic heterocycles. The highest BCUT2D eigenvalue weighted by Crippen LogP contribution is 2.26. The topological polar surface area (TPSA) is 91.6 Å². The van der Waals surface area contributed by atoms with Gasteiger partial charge in [0.15, 0.2) is 0 Å². The van der Waals surface area contributed by atoms with Crippen molar-refractivity contribution >= 4 is 26.8 Å². The van der Waals surface area contributed by atoms with Gasteiger partial charge in [-0.1, -0.05) is 18.6 Å². The molecule has 1 atom stereocenters. The molecule has 31 heavy (non-hydrogen) atoms. The van der Waals surface area contributed by atoms with Crippen LogP contribution in [0.5, 0.6) is 5.75 Å². The zero-order valence-electron chi connectivity index (χ0n) is 17.5. The van der Waals surface area contributed by atoms with Gasteiger partial charge in [0, 0.05) is 36.7 Å². The molecule has 0 spiro atoms. The lowest BCUT2D eigenvalue weighted by Crippen LogP contribution is -2.35. The summed E-state index contributed by atoms with van der Waals surface area (Å²) in [4.78, 5) is 13.0. The van der Waals surface area contributed by atoms with E-state index in [4.69, 9.17) is 0 Å². The Morgan fingerprint density at radius 1 is 1.06 bits per heavy atom. The molecule has 7 nitrogen and oxygen atoms in total. The Kier molecular flexibility index (Phi) is 6.02. The number of aromatic nitrogens is 1. The zero-order chi connectivity index (χ0) is 22.0. The zero-order valence-corrected chi connectivity index (χ0v) is 18.3. The molecule has 2 N–H and O–H groups in total. The van der Waals surface area contributed by atoms with E-state index in [1.807, 2.05) is 23.8 Å². The third kappa shape index (κ3) is 4.45. The number of rotatable bonds is 6. The lowest BCUT2D eigenvalue weighted by atomic mass is 10.2. The molecule has 1 amide bonds. The number of amides is 1. The summed E-state index contributed by atoms with van der Waals surface area (Å²) in [6.45, 7) is 3.31. The number of phenols is 1. The molecular formula is C23H27N3O4S. The Morgan fingerprint density at radius 2 is 1.77 bits per heavy atom. The first-order chi connectivity index (χ1) is 14.9. The van der Waals surface area contributed by atoms with Gasteiger partial charge in [-0.3, -0.25) is 4.79 Å². The summed E-state index contributed by atoms with van der Waals surface area (Å²) in [5, 5.41) is 13.1. The molecule has 8 heteroatoms. The Labute approximate surface area is 182 Å². The molecule has 164 valence electrons. The van der Waals surface area contributed by atoms with Gasteiger partial charge >= 0.3 is 0 Å². The number of carbonyl (C=O) groups is 1. The number of sulfonamides is 1. The van der Waals surface area contributed by atoms with E-state index in [9.17, 15) is 18.3 Å². The average molecular weight is 442 g/mol. The van der Waals surface area contributed by atoms with Crippen molar-refractivity contribution < 1.29 is 18.3 Å². The van der Waals surface area contributed by atoms with Crippen molar-refractivity contribution in [1.82, 2.24) is 14.2 Å². The number of hydrogen-bond acceptors (Lipinski definition) is 4. The highest BCUT2D eigenvalue weighted by atomic mass is 32.2. The first-order valence-electron chi connectivity index (χ1n) is 10.5. The van der Waals surface area contributed by atoms with Gasteiger partial charge in [-0.15, -0.1) is 0 Å². The highest BCUT2D eigenvalue weighted by Gasteiger charge is 2.26. The second-order valence-corrected chi connectivity index (χ2v) is 9.91. The fourth-order valence-corrected chi connectivity index (χ4v) is 5.52. The van der Waals surface area contributed by atoms with Crippen LogP contribution in [-0.4, -0.2) is 41.4 Å². The van der Waals surface area contributed by atoms with Gasteiger partial charge in [-0.25, -0.2) is 8.42 Å². The molecule has 1 unspecified atom stereocenters. The minimum atomic E-state index is -3.50. The average Bonchev–Trinajstić information content (AvgIpc) is 3.22. The first-order valence-corrected chi connectivity index (χ1v) is 12.0. The van der Waals surface area contributed by atoms with Crippen LogP contribution >= 0.6 is 0 Å². The summed E-state index contributed by atoms with van der Waals surface area (Å²) in [6.07, 6.45) is 4.68. The van der Waals surface area contributed by atoms with E-state index in [0.717, 1.165) is 35.7 Å². The van der Waals surface area contributed by atoms with E-state index in [2.05, 4.69) is 5.32 Å². The van der Waals surface area contributed by atoms with Crippen LogP contribution in [0.2, 0.25) is 0 Å². The molecule has 0 radical (unpaired) electrons. The van der Waals surface area contributed by atoms with Crippen molar-refractivity contribution in [2.45, 2.75) is 43.7 Å². The molecule has 1 fully saturated rings. The quantitative estimate of drug-likeness (QED) is 0.613. The molecule has 0 bridgehead atoms. The minimum Gasteiger partial charge on any atom is -0.508 e. The van der Waals surface area contributed by atoms with Crippen molar-refractivity contribution in [1.29, 1.82) is 0 Å². The Hall–Kier alpha value is -2.84. The van der Waals surface area contributed by atoms with Crippen molar-refractivity contribution in [3.8, 4) is 5.75 Å². The molecular weight excluding hydrogens is 414 g/mol. The number of phenolic OH excluding ortho intramolecular Hbond substituents is 1. The number of benzene rings is 2. The van der Waals surface area contributed by atoms with Gasteiger partial charge < -0.3 is 15.0 Å². The summed E-state index contributed by atoms with van der Waals surface area (Å²) in [5.74, 6) is 0.0412. The van der Waals surface area contributed by atoms with Crippen LogP contribution < -0.4 is 5.32 Å². The largest absolute Gasteiger partial charge is 0.508 e. The molecule has 3 aromatic rings. The lowest BCUT2D eigenvalue weighted by molar-refractivity contribution is -0.123. The third-order valence-electron chi connectivity index (χ3n) is 5.84. The van der Waals surface area contributed by atoms with E-state index in [-0.39, 0.29) is 11.7 Å². The second-order valence-electron chi connectivity index (χ2n) is 7.97. The maximum Gasteiger partial charge on any atom is 0.243 e. The van der Waals surface area contributed by atoms with E-state index < -0.39 is 16.1 Å². The number of aromatic hydroxyl groups is 1. The van der Waals surface area contributed by atoms with E-state index >= 15 is 0 Å². The highest BCUT2D eigenvalue weighted by molar-refractivity contribution is 7.89. The van der Waals surface area contributed by atoms with Crippen molar-refractivity contribution in [2.24, 2.45) is 0 Å². The van der Waals surface area contributed by atoms with E-state index in [1.165, 1.54) is 0 Å². The fraction of sp³-hybridized carbons (Fsp3) is 0.348. The maximum atomic E-state index is 13.0. The van der Waals surface area contributed by atoms with Gasteiger partial charge in [0.1, 0.15) is 11.8 Å². The Bertz CT molecular complexity index is 1180. The Morgan fingerprint density at radius 3 is 2.48 bits per heavy atom. The SMILES string of the molecule is CC(C(=O)NCc1ccc(O)cc1)n1ccc2cc(S(=O)(=O)N3CCCCC3)ccc21. The van der Waals surface area contributed by atoms with Gasteiger partial charge in [-0.05, 0) is 61.7 Å². The van der Waals surface area contributed by atoms with Gasteiger partial charge in [-0.2, -0.15) is 4.31 Å². The molecule has 2 heterocycles. The fourth-order valence-electron chi connectivity index (χ4n) is 3.97. The van der Waals surface area contributed by atoms with Gasteiger partial charge in [0.05, 0.1) is 4.90 Å². The number of hydrogen-bond donors (Lipinski definition) is 2. The third-order valence-corrected chi connectivity index (χ3v) is 7.74. The second kappa shape index (κ2) is 8.72. The number of nitrogens with one attached hydrogen (secondary N) is 1. The molecule has 4 rings (SSSR count). The predicted molar refractivity (Wildman–Crippen MR) is 119 cm³/mol. The van der Waals surface area contributed by atoms with Crippen LogP contribution in [0.1, 0.15) is 37.8 Å². The Balaban J connectivity index is 1.50. The van der Waals surface area contributed by atoms with Crippen molar-refractivity contribution in [2.75, 3.05) is 13.1 Å². The predicted octanol–water partition coefficient (Wildman–Crippen LogP) is 3.40. The van der Waals surface area contributed by atoms with E-state index in [1.54, 1.807) is 46.8 Å².